The number of nitrogen functional groups attached to an aromatic ring is 1. The number of nitrogens with one attached hydrogen (secondary N) is 1. The Morgan fingerprint density at radius 1 is 0.789 bits per heavy atom. The van der Waals surface area contributed by atoms with Crippen molar-refractivity contribution < 1.29 is 5.11 Å². The number of rotatable bonds is 6. The smallest absolute Gasteiger partial charge is 0.115 e. The zero-order valence-corrected chi connectivity index (χ0v) is 11.0. The highest BCUT2D eigenvalue weighted by Gasteiger charge is 1.95. The molecule has 0 aliphatic carbocycles. The number of aromatic hydroxyl groups is 1. The first-order valence-electron chi connectivity index (χ1n) is 6.57. The molecule has 100 valence electrons. The standard InChI is InChI=1S/C16H20N2O/c17-15-5-1-13(2-6-15)9-11-18-12-10-14-3-7-16(19)8-4-14/h1-8,18-19H,9-12,17H2. The maximum atomic E-state index is 9.19. The topological polar surface area (TPSA) is 58.3 Å². The van der Waals surface area contributed by atoms with E-state index in [9.17, 15) is 5.11 Å². The Morgan fingerprint density at radius 3 is 1.79 bits per heavy atom. The van der Waals surface area contributed by atoms with Crippen LogP contribution in [-0.4, -0.2) is 18.2 Å². The highest BCUT2D eigenvalue weighted by molar-refractivity contribution is 5.39. The van der Waals surface area contributed by atoms with Crippen molar-refractivity contribution in [2.45, 2.75) is 12.8 Å². The summed E-state index contributed by atoms with van der Waals surface area (Å²) in [4.78, 5) is 0. The summed E-state index contributed by atoms with van der Waals surface area (Å²) in [6, 6.07) is 15.4. The van der Waals surface area contributed by atoms with Crippen LogP contribution < -0.4 is 11.1 Å². The zero-order chi connectivity index (χ0) is 13.5. The van der Waals surface area contributed by atoms with E-state index in [2.05, 4.69) is 17.4 Å². The van der Waals surface area contributed by atoms with E-state index in [0.717, 1.165) is 31.6 Å². The van der Waals surface area contributed by atoms with Gasteiger partial charge in [0.05, 0.1) is 0 Å². The summed E-state index contributed by atoms with van der Waals surface area (Å²) in [5.74, 6) is 0.319. The van der Waals surface area contributed by atoms with Gasteiger partial charge in [0.2, 0.25) is 0 Å². The summed E-state index contributed by atoms with van der Waals surface area (Å²) >= 11 is 0. The molecule has 0 radical (unpaired) electrons. The second-order valence-corrected chi connectivity index (χ2v) is 4.66. The van der Waals surface area contributed by atoms with E-state index in [4.69, 9.17) is 5.73 Å². The third-order valence-corrected chi connectivity index (χ3v) is 3.10. The molecule has 0 spiro atoms. The average molecular weight is 256 g/mol. The van der Waals surface area contributed by atoms with Gasteiger partial charge < -0.3 is 16.2 Å². The molecule has 0 unspecified atom stereocenters. The minimum atomic E-state index is 0.319. The van der Waals surface area contributed by atoms with E-state index < -0.39 is 0 Å². The summed E-state index contributed by atoms with van der Waals surface area (Å²) in [6.07, 6.45) is 1.98. The van der Waals surface area contributed by atoms with Crippen molar-refractivity contribution in [3.8, 4) is 5.75 Å². The maximum absolute atomic E-state index is 9.19. The number of hydrogen-bond donors (Lipinski definition) is 3. The minimum absolute atomic E-state index is 0.319. The van der Waals surface area contributed by atoms with Gasteiger partial charge in [-0.15, -0.1) is 0 Å². The van der Waals surface area contributed by atoms with Crippen molar-refractivity contribution >= 4 is 5.69 Å². The highest BCUT2D eigenvalue weighted by Crippen LogP contribution is 2.09. The van der Waals surface area contributed by atoms with E-state index in [0.29, 0.717) is 5.75 Å². The molecule has 0 heterocycles. The Hall–Kier alpha value is -2.00. The molecule has 0 aliphatic rings. The molecule has 0 saturated heterocycles. The SMILES string of the molecule is Nc1ccc(CCNCCc2ccc(O)cc2)cc1. The van der Waals surface area contributed by atoms with Gasteiger partial charge in [0.1, 0.15) is 5.75 Å². The summed E-state index contributed by atoms with van der Waals surface area (Å²) in [5.41, 5.74) is 8.99. The number of nitrogens with two attached hydrogens (primary N) is 1. The molecule has 0 fully saturated rings. The maximum Gasteiger partial charge on any atom is 0.115 e. The lowest BCUT2D eigenvalue weighted by molar-refractivity contribution is 0.475. The monoisotopic (exact) mass is 256 g/mol. The van der Waals surface area contributed by atoms with E-state index in [1.165, 1.54) is 11.1 Å². The first-order chi connectivity index (χ1) is 9.24. The molecule has 2 aromatic carbocycles. The van der Waals surface area contributed by atoms with Crippen molar-refractivity contribution in [1.29, 1.82) is 0 Å². The fourth-order valence-electron chi connectivity index (χ4n) is 1.94. The second-order valence-electron chi connectivity index (χ2n) is 4.66. The van der Waals surface area contributed by atoms with Gasteiger partial charge in [-0.1, -0.05) is 24.3 Å². The van der Waals surface area contributed by atoms with Gasteiger partial charge in [-0.05, 0) is 61.3 Å². The normalized spacial score (nSPS) is 10.5. The van der Waals surface area contributed by atoms with E-state index >= 15 is 0 Å². The number of hydrogen-bond acceptors (Lipinski definition) is 3. The molecule has 19 heavy (non-hydrogen) atoms. The van der Waals surface area contributed by atoms with Crippen LogP contribution in [0.4, 0.5) is 5.69 Å². The molecule has 0 bridgehead atoms. The average Bonchev–Trinajstić information content (AvgIpc) is 2.43. The van der Waals surface area contributed by atoms with Crippen LogP contribution in [0.3, 0.4) is 0 Å². The molecule has 0 amide bonds. The van der Waals surface area contributed by atoms with Crippen LogP contribution in [-0.2, 0) is 12.8 Å². The van der Waals surface area contributed by atoms with Crippen molar-refractivity contribution in [3.05, 3.63) is 59.7 Å². The summed E-state index contributed by atoms with van der Waals surface area (Å²) < 4.78 is 0. The van der Waals surface area contributed by atoms with E-state index in [1.54, 1.807) is 12.1 Å². The first kappa shape index (κ1) is 13.4. The lowest BCUT2D eigenvalue weighted by Crippen LogP contribution is -2.20. The predicted molar refractivity (Wildman–Crippen MR) is 79.2 cm³/mol. The van der Waals surface area contributed by atoms with Crippen LogP contribution in [0.25, 0.3) is 0 Å². The van der Waals surface area contributed by atoms with Gasteiger partial charge in [0, 0.05) is 5.69 Å². The van der Waals surface area contributed by atoms with Crippen LogP contribution in [0.2, 0.25) is 0 Å². The summed E-state index contributed by atoms with van der Waals surface area (Å²) in [7, 11) is 0. The molecule has 0 aliphatic heterocycles. The second kappa shape index (κ2) is 6.81. The van der Waals surface area contributed by atoms with Crippen molar-refractivity contribution in [3.63, 3.8) is 0 Å². The van der Waals surface area contributed by atoms with Gasteiger partial charge in [-0.2, -0.15) is 0 Å². The fourth-order valence-corrected chi connectivity index (χ4v) is 1.94. The molecule has 3 nitrogen and oxygen atoms in total. The molecule has 3 heteroatoms. The Kier molecular flexibility index (Phi) is 4.81. The fraction of sp³-hybridized carbons (Fsp3) is 0.250. The van der Waals surface area contributed by atoms with E-state index in [-0.39, 0.29) is 0 Å². The number of phenolic OH excluding ortho intramolecular Hbond substituents is 1. The largest absolute Gasteiger partial charge is 0.508 e. The van der Waals surface area contributed by atoms with Crippen LogP contribution in [0.5, 0.6) is 5.75 Å². The lowest BCUT2D eigenvalue weighted by Gasteiger charge is -2.06. The van der Waals surface area contributed by atoms with Gasteiger partial charge in [-0.3, -0.25) is 0 Å². The Morgan fingerprint density at radius 2 is 1.26 bits per heavy atom. The Bertz CT molecular complexity index is 444. The molecule has 4 N–H and O–H groups in total. The lowest BCUT2D eigenvalue weighted by atomic mass is 10.1. The van der Waals surface area contributed by atoms with Crippen LogP contribution >= 0.6 is 0 Å². The number of benzene rings is 2. The van der Waals surface area contributed by atoms with Gasteiger partial charge in [0.15, 0.2) is 0 Å². The van der Waals surface area contributed by atoms with Crippen molar-refractivity contribution in [1.82, 2.24) is 5.32 Å². The third-order valence-electron chi connectivity index (χ3n) is 3.10. The molecule has 0 atom stereocenters. The summed E-state index contributed by atoms with van der Waals surface area (Å²) in [6.45, 7) is 1.90. The predicted octanol–water partition coefficient (Wildman–Crippen LogP) is 2.35. The molecule has 0 saturated carbocycles. The van der Waals surface area contributed by atoms with E-state index in [1.807, 2.05) is 24.3 Å². The van der Waals surface area contributed by atoms with Crippen molar-refractivity contribution in [2.24, 2.45) is 0 Å². The Balaban J connectivity index is 1.64. The first-order valence-corrected chi connectivity index (χ1v) is 6.57. The van der Waals surface area contributed by atoms with Gasteiger partial charge in [0.25, 0.3) is 0 Å². The zero-order valence-electron chi connectivity index (χ0n) is 11.0. The highest BCUT2D eigenvalue weighted by atomic mass is 16.3. The minimum Gasteiger partial charge on any atom is -0.508 e. The van der Waals surface area contributed by atoms with Crippen LogP contribution in [0.1, 0.15) is 11.1 Å². The van der Waals surface area contributed by atoms with Crippen LogP contribution in [0.15, 0.2) is 48.5 Å². The van der Waals surface area contributed by atoms with Crippen LogP contribution in [0, 0.1) is 0 Å². The Labute approximate surface area is 114 Å². The molecule has 2 aromatic rings. The molecular formula is C16H20N2O. The summed E-state index contributed by atoms with van der Waals surface area (Å²) in [5, 5.41) is 12.6. The molecule has 2 rings (SSSR count). The number of anilines is 1. The van der Waals surface area contributed by atoms with Gasteiger partial charge in [-0.25, -0.2) is 0 Å². The quantitative estimate of drug-likeness (QED) is 0.549. The molecular weight excluding hydrogens is 236 g/mol. The molecule has 0 aromatic heterocycles. The van der Waals surface area contributed by atoms with Gasteiger partial charge >= 0.3 is 0 Å². The number of phenols is 1. The third kappa shape index (κ3) is 4.64. The van der Waals surface area contributed by atoms with Crippen molar-refractivity contribution in [2.75, 3.05) is 18.8 Å².